The van der Waals surface area contributed by atoms with Crippen molar-refractivity contribution in [1.29, 1.82) is 0 Å². The van der Waals surface area contributed by atoms with Crippen LogP contribution in [0, 0.1) is 23.7 Å². The number of aliphatic hydroxyl groups is 2. The van der Waals surface area contributed by atoms with Crippen molar-refractivity contribution in [2.75, 3.05) is 7.11 Å². The number of benzene rings is 1. The second-order valence-electron chi connectivity index (χ2n) is 8.57. The number of esters is 1. The first kappa shape index (κ1) is 25.6. The number of methoxy groups -OCH3 is 1. The van der Waals surface area contributed by atoms with Crippen LogP contribution in [0.3, 0.4) is 0 Å². The highest BCUT2D eigenvalue weighted by molar-refractivity contribution is 9.10. The molecule has 170 valence electrons. The molecule has 1 aromatic rings. The van der Waals surface area contributed by atoms with Crippen LogP contribution < -0.4 is 0 Å². The van der Waals surface area contributed by atoms with Crippen molar-refractivity contribution in [3.05, 3.63) is 34.3 Å². The Hall–Kier alpha value is -1.68. The van der Waals surface area contributed by atoms with Gasteiger partial charge in [-0.15, -0.1) is 0 Å². The zero-order valence-corrected chi connectivity index (χ0v) is 20.0. The van der Waals surface area contributed by atoms with Crippen LogP contribution in [0.2, 0.25) is 0 Å². The Morgan fingerprint density at radius 3 is 2.58 bits per heavy atom. The van der Waals surface area contributed by atoms with Crippen LogP contribution in [-0.4, -0.2) is 40.8 Å². The van der Waals surface area contributed by atoms with Crippen molar-refractivity contribution in [3.8, 4) is 11.8 Å². The summed E-state index contributed by atoms with van der Waals surface area (Å²) in [7, 11) is 1.39. The quantitative estimate of drug-likeness (QED) is 0.290. The Labute approximate surface area is 193 Å². The van der Waals surface area contributed by atoms with E-state index in [9.17, 15) is 19.8 Å². The van der Waals surface area contributed by atoms with Gasteiger partial charge in [0.15, 0.2) is 0 Å². The van der Waals surface area contributed by atoms with Crippen molar-refractivity contribution >= 4 is 27.7 Å². The maximum Gasteiger partial charge on any atom is 0.305 e. The predicted octanol–water partition coefficient (Wildman–Crippen LogP) is 4.22. The van der Waals surface area contributed by atoms with Gasteiger partial charge in [0.05, 0.1) is 19.1 Å². The van der Waals surface area contributed by atoms with Crippen molar-refractivity contribution < 1.29 is 24.5 Å². The van der Waals surface area contributed by atoms with Gasteiger partial charge in [-0.25, -0.2) is 0 Å². The number of halogens is 1. The molecule has 0 aromatic heterocycles. The second kappa shape index (κ2) is 12.4. The number of carbonyl (C=O) groups excluding carboxylic acids is 2. The average Bonchev–Trinajstić information content (AvgIpc) is 3.00. The van der Waals surface area contributed by atoms with Crippen LogP contribution in [0.4, 0.5) is 0 Å². The van der Waals surface area contributed by atoms with Crippen molar-refractivity contribution in [3.63, 3.8) is 0 Å². The normalized spacial score (nSPS) is 22.5. The fraction of sp³-hybridized carbons (Fsp3) is 0.600. The molecule has 0 heterocycles. The van der Waals surface area contributed by atoms with Crippen molar-refractivity contribution in [1.82, 2.24) is 0 Å². The molecule has 0 radical (unpaired) electrons. The number of Topliss-reactive ketones (excluding diaryl/α,β-unsaturated/α-hetero) is 1. The molecule has 31 heavy (non-hydrogen) atoms. The summed E-state index contributed by atoms with van der Waals surface area (Å²) in [6.07, 6.45) is 5.07. The van der Waals surface area contributed by atoms with Gasteiger partial charge in [0.2, 0.25) is 0 Å². The van der Waals surface area contributed by atoms with E-state index in [1.54, 1.807) is 6.92 Å². The van der Waals surface area contributed by atoms with Crippen molar-refractivity contribution in [2.24, 2.45) is 11.8 Å². The van der Waals surface area contributed by atoms with Crippen LogP contribution in [0.25, 0.3) is 0 Å². The molecule has 1 aliphatic carbocycles. The number of aryl methyl sites for hydroxylation is 1. The summed E-state index contributed by atoms with van der Waals surface area (Å²) in [6.45, 7) is 1.68. The summed E-state index contributed by atoms with van der Waals surface area (Å²) in [5, 5.41) is 21.0. The van der Waals surface area contributed by atoms with E-state index in [4.69, 9.17) is 0 Å². The lowest BCUT2D eigenvalue weighted by molar-refractivity contribution is -0.140. The minimum absolute atomic E-state index is 0.0517. The topological polar surface area (TPSA) is 83.8 Å². The molecule has 5 nitrogen and oxygen atoms in total. The standard InChI is InChI=1S/C25H33BrO5/c1-25(30,15-13-18-9-11-19(26)12-10-18)16-14-21-20(22(27)17-23(21)28)7-5-3-4-6-8-24(29)31-2/h9-12,20-21,23,28,30H,3-8,13,15,17H2,1-2H3. The maximum absolute atomic E-state index is 12.4. The fourth-order valence-corrected chi connectivity index (χ4v) is 4.18. The molecule has 2 N–H and O–H groups in total. The number of aliphatic hydroxyl groups excluding tert-OH is 1. The molecule has 4 unspecified atom stereocenters. The SMILES string of the molecule is COC(=O)CCCCCCC1C(=O)CC(O)C1C#CC(C)(O)CCc1ccc(Br)cc1. The monoisotopic (exact) mass is 492 g/mol. The Morgan fingerprint density at radius 2 is 1.90 bits per heavy atom. The van der Waals surface area contributed by atoms with Gasteiger partial charge in [-0.3, -0.25) is 9.59 Å². The smallest absolute Gasteiger partial charge is 0.305 e. The minimum atomic E-state index is -1.18. The summed E-state index contributed by atoms with van der Waals surface area (Å²) in [4.78, 5) is 23.5. The first-order valence-electron chi connectivity index (χ1n) is 11.0. The molecule has 0 aliphatic heterocycles. The lowest BCUT2D eigenvalue weighted by Gasteiger charge is -2.19. The van der Waals surface area contributed by atoms with Gasteiger partial charge in [-0.05, 0) is 50.3 Å². The number of carbonyl (C=O) groups is 2. The van der Waals surface area contributed by atoms with Gasteiger partial charge in [-0.2, -0.15) is 0 Å². The third-order valence-electron chi connectivity index (χ3n) is 5.87. The summed E-state index contributed by atoms with van der Waals surface area (Å²) < 4.78 is 5.64. The molecular formula is C25H33BrO5. The number of unbranched alkanes of at least 4 members (excludes halogenated alkanes) is 3. The lowest BCUT2D eigenvalue weighted by Crippen LogP contribution is -2.25. The van der Waals surface area contributed by atoms with Crippen molar-refractivity contribution in [2.45, 2.75) is 76.4 Å². The van der Waals surface area contributed by atoms with E-state index < -0.39 is 17.6 Å². The largest absolute Gasteiger partial charge is 0.469 e. The fourth-order valence-electron chi connectivity index (χ4n) is 3.92. The van der Waals surface area contributed by atoms with Crippen LogP contribution in [0.15, 0.2) is 28.7 Å². The Bertz CT molecular complexity index is 790. The predicted molar refractivity (Wildman–Crippen MR) is 123 cm³/mol. The number of hydrogen-bond acceptors (Lipinski definition) is 5. The maximum atomic E-state index is 12.4. The molecule has 2 rings (SSSR count). The van der Waals surface area contributed by atoms with E-state index in [2.05, 4.69) is 32.5 Å². The molecule has 0 amide bonds. The highest BCUT2D eigenvalue weighted by atomic mass is 79.9. The van der Waals surface area contributed by atoms with E-state index in [1.165, 1.54) is 7.11 Å². The third-order valence-corrected chi connectivity index (χ3v) is 6.40. The van der Waals surface area contributed by atoms with Gasteiger partial charge >= 0.3 is 5.97 Å². The first-order valence-corrected chi connectivity index (χ1v) is 11.8. The van der Waals surface area contributed by atoms with Crippen LogP contribution >= 0.6 is 15.9 Å². The van der Waals surface area contributed by atoms with Crippen LogP contribution in [-0.2, 0) is 20.7 Å². The highest BCUT2D eigenvalue weighted by Crippen LogP contribution is 2.33. The zero-order valence-electron chi connectivity index (χ0n) is 18.4. The molecule has 1 fully saturated rings. The molecule has 1 aromatic carbocycles. The van der Waals surface area contributed by atoms with Gasteiger partial charge in [-0.1, -0.05) is 59.2 Å². The first-order chi connectivity index (χ1) is 14.7. The lowest BCUT2D eigenvalue weighted by atomic mass is 9.88. The van der Waals surface area contributed by atoms with Crippen LogP contribution in [0.1, 0.15) is 63.9 Å². The van der Waals surface area contributed by atoms with E-state index in [0.717, 1.165) is 35.7 Å². The summed E-state index contributed by atoms with van der Waals surface area (Å²) in [5.74, 6) is 5.10. The summed E-state index contributed by atoms with van der Waals surface area (Å²) in [5.41, 5.74) is -0.0666. The Morgan fingerprint density at radius 1 is 1.23 bits per heavy atom. The number of ether oxygens (including phenoxy) is 1. The van der Waals surface area contributed by atoms with E-state index in [-0.39, 0.29) is 24.1 Å². The van der Waals surface area contributed by atoms with Gasteiger partial charge in [0.25, 0.3) is 0 Å². The van der Waals surface area contributed by atoms with Crippen LogP contribution in [0.5, 0.6) is 0 Å². The molecule has 1 aliphatic rings. The van der Waals surface area contributed by atoms with Gasteiger partial charge < -0.3 is 14.9 Å². The van der Waals surface area contributed by atoms with E-state index >= 15 is 0 Å². The highest BCUT2D eigenvalue weighted by Gasteiger charge is 2.40. The zero-order chi connectivity index (χ0) is 22.9. The molecule has 0 bridgehead atoms. The number of ketones is 1. The molecule has 1 saturated carbocycles. The van der Waals surface area contributed by atoms with E-state index in [0.29, 0.717) is 25.7 Å². The van der Waals surface area contributed by atoms with Gasteiger partial charge in [0.1, 0.15) is 11.4 Å². The number of hydrogen-bond donors (Lipinski definition) is 2. The molecule has 0 saturated heterocycles. The summed E-state index contributed by atoms with van der Waals surface area (Å²) >= 11 is 3.41. The molecular weight excluding hydrogens is 460 g/mol. The Balaban J connectivity index is 1.86. The Kier molecular flexibility index (Phi) is 10.2. The molecule has 6 heteroatoms. The second-order valence-corrected chi connectivity index (χ2v) is 9.48. The number of rotatable bonds is 10. The van der Waals surface area contributed by atoms with Gasteiger partial charge in [0, 0.05) is 23.2 Å². The average molecular weight is 493 g/mol. The third kappa shape index (κ3) is 8.76. The van der Waals surface area contributed by atoms with E-state index in [1.807, 2.05) is 24.3 Å². The molecule has 0 spiro atoms. The minimum Gasteiger partial charge on any atom is -0.469 e. The summed E-state index contributed by atoms with van der Waals surface area (Å²) in [6, 6.07) is 7.95. The molecule has 4 atom stereocenters.